The third-order valence-electron chi connectivity index (χ3n) is 3.16. The van der Waals surface area contributed by atoms with Crippen molar-refractivity contribution in [2.24, 2.45) is 0 Å². The Bertz CT molecular complexity index is 610. The average Bonchev–Trinajstić information content (AvgIpc) is 2.66. The molecule has 7 heteroatoms. The molecule has 0 aliphatic carbocycles. The largest absolute Gasteiger partial charge is 0.445 e. The van der Waals surface area contributed by atoms with Crippen LogP contribution in [0.3, 0.4) is 0 Å². The zero-order valence-corrected chi connectivity index (χ0v) is 14.6. The molecule has 0 fully saturated rings. The Morgan fingerprint density at radius 3 is 1.60 bits per heavy atom. The van der Waals surface area contributed by atoms with E-state index in [1.54, 1.807) is 6.26 Å². The number of benzene rings is 2. The summed E-state index contributed by atoms with van der Waals surface area (Å²) >= 11 is 1.25. The number of hydrogen-bond acceptors (Lipinski definition) is 5. The van der Waals surface area contributed by atoms with Crippen LogP contribution in [0.2, 0.25) is 0 Å². The van der Waals surface area contributed by atoms with Gasteiger partial charge in [0.2, 0.25) is 0 Å². The maximum atomic E-state index is 11.8. The SMILES string of the molecule is CSC(NC(=O)OCc1ccccc1)NC(=O)OCc1ccccc1. The number of ether oxygens (including phenoxy) is 2. The molecule has 2 rings (SSSR count). The van der Waals surface area contributed by atoms with Gasteiger partial charge in [-0.15, -0.1) is 11.8 Å². The molecule has 0 radical (unpaired) electrons. The van der Waals surface area contributed by atoms with Crippen LogP contribution in [-0.2, 0) is 22.7 Å². The first-order valence-electron chi connectivity index (χ1n) is 7.64. The molecule has 0 aromatic heterocycles. The zero-order chi connectivity index (χ0) is 17.9. The molecule has 0 unspecified atom stereocenters. The van der Waals surface area contributed by atoms with Crippen molar-refractivity contribution < 1.29 is 19.1 Å². The second-order valence-corrected chi connectivity index (χ2v) is 5.97. The van der Waals surface area contributed by atoms with Crippen LogP contribution in [0.15, 0.2) is 60.7 Å². The molecule has 0 saturated carbocycles. The van der Waals surface area contributed by atoms with Crippen LogP contribution in [0.5, 0.6) is 0 Å². The lowest BCUT2D eigenvalue weighted by Crippen LogP contribution is -2.45. The number of nitrogens with one attached hydrogen (secondary N) is 2. The molecule has 2 aromatic carbocycles. The predicted octanol–water partition coefficient (Wildman–Crippen LogP) is 3.49. The summed E-state index contributed by atoms with van der Waals surface area (Å²) in [6, 6.07) is 18.7. The standard InChI is InChI=1S/C18H20N2O4S/c1-25-16(19-17(21)23-12-14-8-4-2-5-9-14)20-18(22)24-13-15-10-6-3-7-11-15/h2-11,16H,12-13H2,1H3,(H,19,21)(H,20,22). The smallest absolute Gasteiger partial charge is 0.409 e. The van der Waals surface area contributed by atoms with E-state index in [1.807, 2.05) is 60.7 Å². The van der Waals surface area contributed by atoms with Crippen LogP contribution in [0.25, 0.3) is 0 Å². The fraction of sp³-hybridized carbons (Fsp3) is 0.222. The molecular weight excluding hydrogens is 340 g/mol. The van der Waals surface area contributed by atoms with Crippen LogP contribution < -0.4 is 10.6 Å². The van der Waals surface area contributed by atoms with E-state index >= 15 is 0 Å². The van der Waals surface area contributed by atoms with Gasteiger partial charge in [0, 0.05) is 0 Å². The fourth-order valence-electron chi connectivity index (χ4n) is 1.90. The van der Waals surface area contributed by atoms with Gasteiger partial charge in [0.15, 0.2) is 5.50 Å². The quantitative estimate of drug-likeness (QED) is 0.739. The van der Waals surface area contributed by atoms with Crippen LogP contribution in [0.4, 0.5) is 9.59 Å². The van der Waals surface area contributed by atoms with Gasteiger partial charge in [-0.3, -0.25) is 10.6 Å². The summed E-state index contributed by atoms with van der Waals surface area (Å²) in [5, 5.41) is 5.11. The number of amides is 2. The first kappa shape index (κ1) is 18.7. The Morgan fingerprint density at radius 1 is 0.840 bits per heavy atom. The number of thioether (sulfide) groups is 1. The molecule has 132 valence electrons. The van der Waals surface area contributed by atoms with Crippen LogP contribution in [-0.4, -0.2) is 23.9 Å². The summed E-state index contributed by atoms with van der Waals surface area (Å²) in [5.41, 5.74) is 1.12. The van der Waals surface area contributed by atoms with Gasteiger partial charge < -0.3 is 9.47 Å². The Hall–Kier alpha value is -2.67. The summed E-state index contributed by atoms with van der Waals surface area (Å²) in [6.45, 7) is 0.318. The van der Waals surface area contributed by atoms with E-state index in [0.29, 0.717) is 0 Å². The molecule has 0 spiro atoms. The van der Waals surface area contributed by atoms with E-state index in [4.69, 9.17) is 9.47 Å². The zero-order valence-electron chi connectivity index (χ0n) is 13.8. The van der Waals surface area contributed by atoms with Gasteiger partial charge in [0.05, 0.1) is 0 Å². The van der Waals surface area contributed by atoms with Crippen molar-refractivity contribution in [1.29, 1.82) is 0 Å². The summed E-state index contributed by atoms with van der Waals surface area (Å²) < 4.78 is 10.2. The molecule has 25 heavy (non-hydrogen) atoms. The Balaban J connectivity index is 1.71. The molecule has 0 heterocycles. The van der Waals surface area contributed by atoms with Crippen LogP contribution in [0, 0.1) is 0 Å². The van der Waals surface area contributed by atoms with E-state index in [9.17, 15) is 9.59 Å². The molecule has 6 nitrogen and oxygen atoms in total. The van der Waals surface area contributed by atoms with Gasteiger partial charge in [-0.05, 0) is 17.4 Å². The third kappa shape index (κ3) is 7.17. The first-order valence-corrected chi connectivity index (χ1v) is 8.93. The minimum Gasteiger partial charge on any atom is -0.445 e. The predicted molar refractivity (Wildman–Crippen MR) is 96.8 cm³/mol. The minimum absolute atomic E-state index is 0.159. The Kier molecular flexibility index (Phi) is 7.65. The normalized spacial score (nSPS) is 10.2. The molecule has 2 aromatic rings. The van der Waals surface area contributed by atoms with Crippen molar-refractivity contribution in [1.82, 2.24) is 10.6 Å². The highest BCUT2D eigenvalue weighted by atomic mass is 32.2. The van der Waals surface area contributed by atoms with Crippen LogP contribution >= 0.6 is 11.8 Å². The van der Waals surface area contributed by atoms with Crippen molar-refractivity contribution in [2.75, 3.05) is 6.26 Å². The van der Waals surface area contributed by atoms with Crippen molar-refractivity contribution in [3.05, 3.63) is 71.8 Å². The van der Waals surface area contributed by atoms with Gasteiger partial charge in [0.1, 0.15) is 13.2 Å². The van der Waals surface area contributed by atoms with Crippen molar-refractivity contribution in [2.45, 2.75) is 18.7 Å². The van der Waals surface area contributed by atoms with E-state index in [1.165, 1.54) is 11.8 Å². The summed E-state index contributed by atoms with van der Waals surface area (Å²) in [6.07, 6.45) is 0.512. The third-order valence-corrected chi connectivity index (χ3v) is 3.87. The molecular formula is C18H20N2O4S. The fourth-order valence-corrected chi connectivity index (χ4v) is 2.33. The summed E-state index contributed by atoms with van der Waals surface area (Å²) in [4.78, 5) is 23.6. The minimum atomic E-state index is -0.647. The van der Waals surface area contributed by atoms with Gasteiger partial charge in [-0.25, -0.2) is 9.59 Å². The molecule has 2 amide bonds. The second-order valence-electron chi connectivity index (χ2n) is 5.03. The van der Waals surface area contributed by atoms with Crippen molar-refractivity contribution in [3.8, 4) is 0 Å². The summed E-state index contributed by atoms with van der Waals surface area (Å²) in [7, 11) is 0. The molecule has 0 aliphatic rings. The number of rotatable bonds is 7. The van der Waals surface area contributed by atoms with Gasteiger partial charge >= 0.3 is 12.2 Å². The Labute approximate surface area is 150 Å². The number of alkyl carbamates (subject to hydrolysis) is 2. The van der Waals surface area contributed by atoms with Crippen molar-refractivity contribution in [3.63, 3.8) is 0 Å². The molecule has 0 bridgehead atoms. The van der Waals surface area contributed by atoms with Crippen LogP contribution in [0.1, 0.15) is 11.1 Å². The Morgan fingerprint density at radius 2 is 1.24 bits per heavy atom. The van der Waals surface area contributed by atoms with Gasteiger partial charge in [0.25, 0.3) is 0 Å². The maximum absolute atomic E-state index is 11.8. The topological polar surface area (TPSA) is 76.7 Å². The monoisotopic (exact) mass is 360 g/mol. The lowest BCUT2D eigenvalue weighted by molar-refractivity contribution is 0.129. The number of carbonyl (C=O) groups is 2. The average molecular weight is 360 g/mol. The van der Waals surface area contributed by atoms with Crippen molar-refractivity contribution >= 4 is 23.9 Å². The lowest BCUT2D eigenvalue weighted by atomic mass is 10.2. The molecule has 0 atom stereocenters. The van der Waals surface area contributed by atoms with Gasteiger partial charge in [-0.2, -0.15) is 0 Å². The summed E-state index contributed by atoms with van der Waals surface area (Å²) in [5.74, 6) is 0. The van der Waals surface area contributed by atoms with E-state index in [2.05, 4.69) is 10.6 Å². The maximum Gasteiger partial charge on any atom is 0.409 e. The highest BCUT2D eigenvalue weighted by Crippen LogP contribution is 2.05. The number of carbonyl (C=O) groups excluding carboxylic acids is 2. The molecule has 2 N–H and O–H groups in total. The van der Waals surface area contributed by atoms with E-state index in [0.717, 1.165) is 11.1 Å². The highest BCUT2D eigenvalue weighted by molar-refractivity contribution is 7.99. The van der Waals surface area contributed by atoms with E-state index in [-0.39, 0.29) is 13.2 Å². The highest BCUT2D eigenvalue weighted by Gasteiger charge is 2.15. The second kappa shape index (κ2) is 10.2. The molecule has 0 saturated heterocycles. The van der Waals surface area contributed by atoms with Gasteiger partial charge in [-0.1, -0.05) is 60.7 Å². The number of hydrogen-bond donors (Lipinski definition) is 2. The van der Waals surface area contributed by atoms with E-state index < -0.39 is 17.7 Å². The first-order chi connectivity index (χ1) is 12.2. The molecule has 0 aliphatic heterocycles. The lowest BCUT2D eigenvalue weighted by Gasteiger charge is -2.17.